The Morgan fingerprint density at radius 2 is 1.68 bits per heavy atom. The monoisotopic (exact) mass is 581 g/mol. The van der Waals surface area contributed by atoms with Gasteiger partial charge in [-0.15, -0.1) is 0 Å². The van der Waals surface area contributed by atoms with E-state index in [0.717, 1.165) is 32.2 Å². The first-order valence-electron chi connectivity index (χ1n) is 12.6. The van der Waals surface area contributed by atoms with Crippen LogP contribution in [0.1, 0.15) is 46.0 Å². The lowest BCUT2D eigenvalue weighted by Gasteiger charge is -2.37. The Balaban J connectivity index is 1.79. The molecule has 1 fully saturated rings. The van der Waals surface area contributed by atoms with Gasteiger partial charge in [0.15, 0.2) is 0 Å². The zero-order valence-corrected chi connectivity index (χ0v) is 23.0. The molecule has 0 aliphatic carbocycles. The van der Waals surface area contributed by atoms with Crippen molar-refractivity contribution in [2.45, 2.75) is 30.8 Å². The van der Waals surface area contributed by atoms with E-state index in [1.54, 1.807) is 24.3 Å². The number of ether oxygens (including phenoxy) is 2. The largest absolute Gasteiger partial charge is 0.465 e. The van der Waals surface area contributed by atoms with Crippen LogP contribution in [0.5, 0.6) is 0 Å². The third-order valence-corrected chi connectivity index (χ3v) is 7.38. The van der Waals surface area contributed by atoms with Crippen molar-refractivity contribution >= 4 is 29.4 Å². The number of benzene rings is 3. The van der Waals surface area contributed by atoms with Crippen LogP contribution in [-0.4, -0.2) is 43.6 Å². The predicted octanol–water partition coefficient (Wildman–Crippen LogP) is 4.91. The molecule has 1 aliphatic rings. The molecule has 4 rings (SSSR count). The van der Waals surface area contributed by atoms with Gasteiger partial charge in [0.05, 0.1) is 29.9 Å². The van der Waals surface area contributed by atoms with Gasteiger partial charge in [-0.05, 0) is 42.8 Å². The highest BCUT2D eigenvalue weighted by Crippen LogP contribution is 2.32. The van der Waals surface area contributed by atoms with Crippen LogP contribution >= 0.6 is 11.6 Å². The number of halogens is 3. The first kappa shape index (κ1) is 29.6. The molecule has 1 saturated heterocycles. The average Bonchev–Trinajstić information content (AvgIpc) is 2.97. The first-order valence-corrected chi connectivity index (χ1v) is 13.0. The number of nitriles is 1. The number of esters is 1. The summed E-state index contributed by atoms with van der Waals surface area (Å²) in [7, 11) is 1.13. The molecule has 3 aromatic rings. The molecule has 0 radical (unpaired) electrons. The molecule has 2 amide bonds. The molecule has 3 aromatic carbocycles. The summed E-state index contributed by atoms with van der Waals surface area (Å²) < 4.78 is 40.4. The summed E-state index contributed by atoms with van der Waals surface area (Å²) in [5, 5.41) is 15.3. The van der Waals surface area contributed by atoms with Gasteiger partial charge in [-0.25, -0.2) is 13.6 Å². The molecule has 11 heteroatoms. The lowest BCUT2D eigenvalue weighted by molar-refractivity contribution is -0.129. The fourth-order valence-electron chi connectivity index (χ4n) is 4.71. The Morgan fingerprint density at radius 1 is 1.02 bits per heavy atom. The lowest BCUT2D eigenvalue weighted by Crippen LogP contribution is -2.61. The Labute approximate surface area is 240 Å². The van der Waals surface area contributed by atoms with Crippen molar-refractivity contribution in [2.75, 3.05) is 20.3 Å². The van der Waals surface area contributed by atoms with E-state index in [4.69, 9.17) is 21.1 Å². The smallest absolute Gasteiger partial charge is 0.338 e. The van der Waals surface area contributed by atoms with Crippen LogP contribution in [0.3, 0.4) is 0 Å². The minimum absolute atomic E-state index is 0.134. The zero-order valence-electron chi connectivity index (χ0n) is 22.2. The van der Waals surface area contributed by atoms with Crippen molar-refractivity contribution in [3.05, 3.63) is 94.0 Å². The summed E-state index contributed by atoms with van der Waals surface area (Å²) in [5.74, 6) is -5.07. The van der Waals surface area contributed by atoms with Gasteiger partial charge in [0.1, 0.15) is 22.7 Å². The number of methoxy groups -OCH3 is 1. The van der Waals surface area contributed by atoms with Gasteiger partial charge in [0.2, 0.25) is 0 Å². The number of rotatable bonds is 7. The third kappa shape index (κ3) is 5.92. The van der Waals surface area contributed by atoms with E-state index in [0.29, 0.717) is 16.1 Å². The van der Waals surface area contributed by atoms with E-state index >= 15 is 8.78 Å². The Bertz CT molecular complexity index is 1530. The van der Waals surface area contributed by atoms with Crippen molar-refractivity contribution < 1.29 is 32.6 Å². The number of nitrogens with one attached hydrogen (secondary N) is 2. The van der Waals surface area contributed by atoms with Crippen LogP contribution in [0, 0.1) is 23.0 Å². The van der Waals surface area contributed by atoms with Crippen LogP contribution in [0.25, 0.3) is 11.1 Å². The van der Waals surface area contributed by atoms with Gasteiger partial charge in [-0.3, -0.25) is 9.59 Å². The SMILES string of the molecule is COC(=O)c1cc(-c2ccccc2Cl)ccc1C(=O)N[C@](C)(C(=O)NC1(C#N)CCOCC1)c1c(F)cccc1F. The highest BCUT2D eigenvalue weighted by Gasteiger charge is 2.46. The second-order valence-corrected chi connectivity index (χ2v) is 10.1. The highest BCUT2D eigenvalue weighted by atomic mass is 35.5. The topological polar surface area (TPSA) is 118 Å². The standard InChI is InChI=1S/C30H26ClF2N3O5/c1-29(25-23(32)8-5-9-24(25)33,28(39)36-30(17-34)12-14-41-15-13-30)35-26(37)20-11-10-18(16-21(20)27(38)40-2)19-6-3-4-7-22(19)31/h3-11,16H,12-15H2,1-2H3,(H,35,37)(H,36,39)/t29-/m0/s1. The van der Waals surface area contributed by atoms with E-state index in [1.807, 2.05) is 0 Å². The van der Waals surface area contributed by atoms with Gasteiger partial charge in [-0.2, -0.15) is 5.26 Å². The molecule has 0 aromatic heterocycles. The maximum absolute atomic E-state index is 15.1. The number of hydrogen-bond donors (Lipinski definition) is 2. The molecule has 1 heterocycles. The van der Waals surface area contributed by atoms with E-state index in [2.05, 4.69) is 16.7 Å². The molecule has 41 heavy (non-hydrogen) atoms. The normalized spacial score (nSPS) is 15.6. The van der Waals surface area contributed by atoms with Crippen LogP contribution in [0.4, 0.5) is 8.78 Å². The zero-order chi connectivity index (χ0) is 29.8. The van der Waals surface area contributed by atoms with Crippen LogP contribution < -0.4 is 10.6 Å². The summed E-state index contributed by atoms with van der Waals surface area (Å²) >= 11 is 6.31. The van der Waals surface area contributed by atoms with Crippen molar-refractivity contribution in [3.63, 3.8) is 0 Å². The summed E-state index contributed by atoms with van der Waals surface area (Å²) in [5.41, 5.74) is -3.76. The molecule has 0 bridgehead atoms. The molecule has 2 N–H and O–H groups in total. The predicted molar refractivity (Wildman–Crippen MR) is 146 cm³/mol. The van der Waals surface area contributed by atoms with Crippen molar-refractivity contribution in [3.8, 4) is 17.2 Å². The Morgan fingerprint density at radius 3 is 2.29 bits per heavy atom. The van der Waals surface area contributed by atoms with Gasteiger partial charge < -0.3 is 20.1 Å². The lowest BCUT2D eigenvalue weighted by atomic mass is 9.85. The second kappa shape index (κ2) is 12.0. The van der Waals surface area contributed by atoms with Crippen molar-refractivity contribution in [2.24, 2.45) is 0 Å². The molecule has 1 aliphatic heterocycles. The minimum atomic E-state index is -2.34. The summed E-state index contributed by atoms with van der Waals surface area (Å²) in [6.45, 7) is 1.50. The fourth-order valence-corrected chi connectivity index (χ4v) is 4.96. The molecule has 1 atom stereocenters. The van der Waals surface area contributed by atoms with Crippen molar-refractivity contribution in [1.82, 2.24) is 10.6 Å². The van der Waals surface area contributed by atoms with Crippen LogP contribution in [0.2, 0.25) is 5.02 Å². The van der Waals surface area contributed by atoms with Crippen LogP contribution in [-0.2, 0) is 19.8 Å². The molecule has 8 nitrogen and oxygen atoms in total. The Hall–Kier alpha value is -4.33. The number of nitrogens with zero attached hydrogens (tertiary/aromatic N) is 1. The maximum Gasteiger partial charge on any atom is 0.338 e. The molecular weight excluding hydrogens is 556 g/mol. The molecule has 0 unspecified atom stereocenters. The average molecular weight is 582 g/mol. The minimum Gasteiger partial charge on any atom is -0.465 e. The fraction of sp³-hybridized carbons (Fsp3) is 0.267. The quantitative estimate of drug-likeness (QED) is 0.383. The highest BCUT2D eigenvalue weighted by molar-refractivity contribution is 6.33. The maximum atomic E-state index is 15.1. The van der Waals surface area contributed by atoms with Gasteiger partial charge >= 0.3 is 5.97 Å². The van der Waals surface area contributed by atoms with E-state index in [9.17, 15) is 19.6 Å². The van der Waals surface area contributed by atoms with Gasteiger partial charge in [0.25, 0.3) is 11.8 Å². The number of hydrogen-bond acceptors (Lipinski definition) is 6. The third-order valence-electron chi connectivity index (χ3n) is 7.05. The molecule has 212 valence electrons. The Kier molecular flexibility index (Phi) is 8.71. The summed E-state index contributed by atoms with van der Waals surface area (Å²) in [6.07, 6.45) is 0.268. The number of carbonyl (C=O) groups excluding carboxylic acids is 3. The molecule has 0 spiro atoms. The van der Waals surface area contributed by atoms with Gasteiger partial charge in [0, 0.05) is 36.6 Å². The molecule has 0 saturated carbocycles. The summed E-state index contributed by atoms with van der Waals surface area (Å²) in [6, 6.07) is 16.2. The molecular formula is C30H26ClF2N3O5. The number of carbonyl (C=O) groups is 3. The number of amides is 2. The second-order valence-electron chi connectivity index (χ2n) is 9.67. The van der Waals surface area contributed by atoms with Gasteiger partial charge in [-0.1, -0.05) is 41.9 Å². The first-order chi connectivity index (χ1) is 19.5. The van der Waals surface area contributed by atoms with Crippen LogP contribution in [0.15, 0.2) is 60.7 Å². The van der Waals surface area contributed by atoms with E-state index in [-0.39, 0.29) is 37.2 Å². The van der Waals surface area contributed by atoms with E-state index in [1.165, 1.54) is 18.2 Å². The van der Waals surface area contributed by atoms with E-state index < -0.39 is 46.1 Å². The van der Waals surface area contributed by atoms with Crippen molar-refractivity contribution in [1.29, 1.82) is 5.26 Å². The summed E-state index contributed by atoms with van der Waals surface area (Å²) in [4.78, 5) is 40.2.